The first-order chi connectivity index (χ1) is 15.8. The van der Waals surface area contributed by atoms with Gasteiger partial charge in [0.2, 0.25) is 11.8 Å². The number of hydrogen-bond donors (Lipinski definition) is 3. The van der Waals surface area contributed by atoms with Crippen molar-refractivity contribution in [1.82, 2.24) is 20.9 Å². The minimum atomic E-state index is -0.836. The fourth-order valence-corrected chi connectivity index (χ4v) is 3.97. The number of pyridine rings is 1. The molecule has 0 radical (unpaired) electrons. The van der Waals surface area contributed by atoms with Gasteiger partial charge in [0.15, 0.2) is 0 Å². The normalized spacial score (nSPS) is 20.5. The first-order valence-electron chi connectivity index (χ1n) is 11.2. The highest BCUT2D eigenvalue weighted by molar-refractivity contribution is 6.32. The molecule has 2 fully saturated rings. The summed E-state index contributed by atoms with van der Waals surface area (Å²) in [7, 11) is 0. The largest absolute Gasteiger partial charge is 0.492 e. The highest BCUT2D eigenvalue weighted by Crippen LogP contribution is 2.33. The first kappa shape index (κ1) is 23.4. The van der Waals surface area contributed by atoms with E-state index in [0.29, 0.717) is 29.5 Å². The molecule has 2 unspecified atom stereocenters. The molecule has 1 saturated carbocycles. The van der Waals surface area contributed by atoms with Crippen LogP contribution in [0.1, 0.15) is 62.1 Å². The summed E-state index contributed by atoms with van der Waals surface area (Å²) < 4.78 is 20.5. The molecule has 2 amide bonds. The number of benzene rings is 1. The second-order valence-electron chi connectivity index (χ2n) is 8.90. The van der Waals surface area contributed by atoms with E-state index in [1.54, 1.807) is 20.0 Å². The van der Waals surface area contributed by atoms with Gasteiger partial charge in [-0.3, -0.25) is 19.9 Å². The van der Waals surface area contributed by atoms with Crippen LogP contribution in [0.3, 0.4) is 0 Å². The van der Waals surface area contributed by atoms with E-state index in [-0.39, 0.29) is 41.3 Å². The third kappa shape index (κ3) is 5.81. The Morgan fingerprint density at radius 1 is 1.30 bits per heavy atom. The summed E-state index contributed by atoms with van der Waals surface area (Å²) in [6.07, 6.45) is 3.38. The zero-order valence-electron chi connectivity index (χ0n) is 18.7. The van der Waals surface area contributed by atoms with Crippen LogP contribution in [0.25, 0.3) is 0 Å². The quantitative estimate of drug-likeness (QED) is 0.541. The van der Waals surface area contributed by atoms with Gasteiger partial charge in [0.25, 0.3) is 0 Å². The Kier molecular flexibility index (Phi) is 7.14. The first-order valence-corrected chi connectivity index (χ1v) is 11.6. The Labute approximate surface area is 197 Å². The summed E-state index contributed by atoms with van der Waals surface area (Å²) in [5.41, 5.74) is 1.36. The summed E-state index contributed by atoms with van der Waals surface area (Å²) >= 11 is 6.52. The summed E-state index contributed by atoms with van der Waals surface area (Å²) in [6, 6.07) is 6.05. The van der Waals surface area contributed by atoms with Crippen molar-refractivity contribution in [1.29, 1.82) is 0 Å². The number of amides is 2. The van der Waals surface area contributed by atoms with E-state index >= 15 is 0 Å². The van der Waals surface area contributed by atoms with E-state index in [4.69, 9.17) is 16.3 Å². The maximum atomic E-state index is 14.8. The highest BCUT2D eigenvalue weighted by Gasteiger charge is 2.32. The minimum absolute atomic E-state index is 0.128. The molecule has 1 aromatic heterocycles. The number of hydrogen-bond acceptors (Lipinski definition) is 5. The molecule has 7 nitrogen and oxygen atoms in total. The van der Waals surface area contributed by atoms with E-state index in [9.17, 15) is 14.0 Å². The fraction of sp³-hybridized carbons (Fsp3) is 0.458. The Morgan fingerprint density at radius 3 is 2.76 bits per heavy atom. The zero-order chi connectivity index (χ0) is 23.5. The van der Waals surface area contributed by atoms with Gasteiger partial charge in [-0.05, 0) is 42.5 Å². The number of carbonyl (C=O) groups is 2. The molecule has 1 aromatic carbocycles. The molecule has 0 spiro atoms. The third-order valence-electron chi connectivity index (χ3n) is 5.83. The van der Waals surface area contributed by atoms with Gasteiger partial charge in [-0.1, -0.05) is 31.5 Å². The van der Waals surface area contributed by atoms with Crippen LogP contribution in [0, 0.1) is 17.7 Å². The lowest BCUT2D eigenvalue weighted by Gasteiger charge is -2.32. The fourth-order valence-electron chi connectivity index (χ4n) is 3.64. The van der Waals surface area contributed by atoms with Gasteiger partial charge in [0.1, 0.15) is 17.7 Å². The van der Waals surface area contributed by atoms with Gasteiger partial charge in [-0.2, -0.15) is 0 Å². The maximum Gasteiger partial charge on any atom is 0.223 e. The standard InChI is InChI=1S/C24H28ClFN4O3/c1-13(2)24(32)28-10-15-5-7-17(26)21(22(15)25)23-29-19(9-20(31)30-23)18-8-6-16(11-27-18)33-12-14-3-4-14/h5-8,11,13-14,19,23,29H,3-4,9-10,12H2,1-2H3,(H,28,32)(H,30,31). The molecule has 2 heterocycles. The van der Waals surface area contributed by atoms with Crippen LogP contribution in [0.5, 0.6) is 5.75 Å². The van der Waals surface area contributed by atoms with Crippen LogP contribution in [-0.2, 0) is 16.1 Å². The molecule has 9 heteroatoms. The van der Waals surface area contributed by atoms with Crippen LogP contribution >= 0.6 is 11.6 Å². The molecule has 1 aliphatic carbocycles. The number of ether oxygens (including phenoxy) is 1. The van der Waals surface area contributed by atoms with E-state index in [1.165, 1.54) is 25.0 Å². The van der Waals surface area contributed by atoms with Crippen molar-refractivity contribution in [3.63, 3.8) is 0 Å². The molecule has 2 aromatic rings. The van der Waals surface area contributed by atoms with Crippen molar-refractivity contribution < 1.29 is 18.7 Å². The summed E-state index contributed by atoms with van der Waals surface area (Å²) in [5, 5.41) is 8.95. The number of aromatic nitrogens is 1. The molecule has 176 valence electrons. The van der Waals surface area contributed by atoms with Gasteiger partial charge in [0.05, 0.1) is 29.6 Å². The van der Waals surface area contributed by atoms with E-state index in [1.807, 2.05) is 12.1 Å². The highest BCUT2D eigenvalue weighted by atomic mass is 35.5. The number of carbonyl (C=O) groups excluding carboxylic acids is 2. The molecule has 3 N–H and O–H groups in total. The lowest BCUT2D eigenvalue weighted by atomic mass is 10.0. The predicted molar refractivity (Wildman–Crippen MR) is 122 cm³/mol. The molecule has 2 atom stereocenters. The molecule has 1 aliphatic heterocycles. The average Bonchev–Trinajstić information content (AvgIpc) is 3.61. The van der Waals surface area contributed by atoms with Gasteiger partial charge in [0, 0.05) is 24.4 Å². The molecule has 1 saturated heterocycles. The number of rotatable bonds is 8. The zero-order valence-corrected chi connectivity index (χ0v) is 19.4. The SMILES string of the molecule is CC(C)C(=O)NCc1ccc(F)c(C2NC(=O)CC(c3ccc(OCC4CC4)cn3)N2)c1Cl. The van der Waals surface area contributed by atoms with Crippen molar-refractivity contribution in [3.8, 4) is 5.75 Å². The topological polar surface area (TPSA) is 92.4 Å². The molecular formula is C24H28ClFN4O3. The summed E-state index contributed by atoms with van der Waals surface area (Å²) in [5.74, 6) is 0.233. The summed E-state index contributed by atoms with van der Waals surface area (Å²) in [4.78, 5) is 28.8. The Bertz CT molecular complexity index is 1030. The predicted octanol–water partition coefficient (Wildman–Crippen LogP) is 3.78. The molecule has 0 bridgehead atoms. The minimum Gasteiger partial charge on any atom is -0.492 e. The Balaban J connectivity index is 1.49. The average molecular weight is 475 g/mol. The lowest BCUT2D eigenvalue weighted by Crippen LogP contribution is -2.47. The van der Waals surface area contributed by atoms with Gasteiger partial charge in [-0.15, -0.1) is 0 Å². The number of nitrogens with one attached hydrogen (secondary N) is 3. The Morgan fingerprint density at radius 2 is 2.09 bits per heavy atom. The van der Waals surface area contributed by atoms with Gasteiger partial charge in [-0.25, -0.2) is 4.39 Å². The number of halogens is 2. The van der Waals surface area contributed by atoms with Gasteiger partial charge < -0.3 is 15.4 Å². The number of nitrogens with zero attached hydrogens (tertiary/aromatic N) is 1. The van der Waals surface area contributed by atoms with Crippen molar-refractivity contribution in [2.75, 3.05) is 6.61 Å². The molecular weight excluding hydrogens is 447 g/mol. The molecule has 2 aliphatic rings. The van der Waals surface area contributed by atoms with E-state index in [2.05, 4.69) is 20.9 Å². The smallest absolute Gasteiger partial charge is 0.223 e. The Hall–Kier alpha value is -2.71. The van der Waals surface area contributed by atoms with Crippen LogP contribution in [0.4, 0.5) is 4.39 Å². The summed E-state index contributed by atoms with van der Waals surface area (Å²) in [6.45, 7) is 4.43. The molecule has 33 heavy (non-hydrogen) atoms. The van der Waals surface area contributed by atoms with E-state index in [0.717, 1.165) is 0 Å². The second kappa shape index (κ2) is 10.1. The van der Waals surface area contributed by atoms with Crippen molar-refractivity contribution in [2.45, 2.75) is 51.9 Å². The van der Waals surface area contributed by atoms with E-state index < -0.39 is 18.0 Å². The van der Waals surface area contributed by atoms with Crippen LogP contribution in [0.15, 0.2) is 30.5 Å². The van der Waals surface area contributed by atoms with Crippen LogP contribution in [0.2, 0.25) is 5.02 Å². The van der Waals surface area contributed by atoms with Crippen molar-refractivity contribution in [2.24, 2.45) is 11.8 Å². The van der Waals surface area contributed by atoms with Gasteiger partial charge >= 0.3 is 0 Å². The molecule has 4 rings (SSSR count). The third-order valence-corrected chi connectivity index (χ3v) is 6.28. The van der Waals surface area contributed by atoms with Crippen LogP contribution < -0.4 is 20.7 Å². The monoisotopic (exact) mass is 474 g/mol. The lowest BCUT2D eigenvalue weighted by molar-refractivity contribution is -0.125. The van der Waals surface area contributed by atoms with Crippen molar-refractivity contribution >= 4 is 23.4 Å². The van der Waals surface area contributed by atoms with Crippen LogP contribution in [-0.4, -0.2) is 23.4 Å². The maximum absolute atomic E-state index is 14.8. The van der Waals surface area contributed by atoms with Crippen molar-refractivity contribution in [3.05, 3.63) is 58.1 Å². The second-order valence-corrected chi connectivity index (χ2v) is 9.28.